The number of Topliss-reactive ketones (excluding diaryl/α,β-unsaturated/α-hetero) is 1. The molecule has 6 heteroatoms. The molecule has 0 aromatic rings. The van der Waals surface area contributed by atoms with Crippen LogP contribution in [0.2, 0.25) is 0 Å². The predicted octanol–water partition coefficient (Wildman–Crippen LogP) is 1.07. The predicted molar refractivity (Wildman–Crippen MR) is 44.6 cm³/mol. The fraction of sp³-hybridized carbons (Fsp3) is 0.714. The smallest absolute Gasteiger partial charge is 0.318 e. The zero-order chi connectivity index (χ0) is 10.1. The minimum absolute atomic E-state index is 0.00533. The third kappa shape index (κ3) is 3.38. The molecular weight excluding hydrogens is 248 g/mol. The van der Waals surface area contributed by atoms with Crippen LogP contribution in [0.5, 0.6) is 0 Å². The molecule has 1 saturated carbocycles. The van der Waals surface area contributed by atoms with E-state index in [9.17, 15) is 18.4 Å². The van der Waals surface area contributed by atoms with Crippen LogP contribution in [0.4, 0.5) is 8.78 Å². The van der Waals surface area contributed by atoms with Gasteiger partial charge in [0.1, 0.15) is 5.78 Å². The van der Waals surface area contributed by atoms with Gasteiger partial charge >= 0.3 is 4.83 Å². The molecule has 13 heavy (non-hydrogen) atoms. The third-order valence-corrected chi connectivity index (χ3v) is 2.06. The lowest BCUT2D eigenvalue weighted by Gasteiger charge is -2.23. The van der Waals surface area contributed by atoms with Crippen LogP contribution in [-0.2, 0) is 9.59 Å². The van der Waals surface area contributed by atoms with Gasteiger partial charge in [0.2, 0.25) is 5.91 Å². The number of alkyl halides is 3. The lowest BCUT2D eigenvalue weighted by molar-refractivity contribution is -0.138. The summed E-state index contributed by atoms with van der Waals surface area (Å²) in [5.74, 6) is -0.869. The highest BCUT2D eigenvalue weighted by Gasteiger charge is 2.34. The number of carbonyl (C=O) groups excluding carboxylic acids is 2. The van der Waals surface area contributed by atoms with E-state index >= 15 is 0 Å². The molecule has 3 nitrogen and oxygen atoms in total. The van der Waals surface area contributed by atoms with Crippen molar-refractivity contribution in [2.75, 3.05) is 6.54 Å². The third-order valence-electron chi connectivity index (χ3n) is 1.78. The molecule has 0 aromatic heterocycles. The van der Waals surface area contributed by atoms with Crippen molar-refractivity contribution in [1.29, 1.82) is 0 Å². The van der Waals surface area contributed by atoms with E-state index in [4.69, 9.17) is 0 Å². The quantitative estimate of drug-likeness (QED) is 0.767. The van der Waals surface area contributed by atoms with E-state index in [2.05, 4.69) is 21.2 Å². The molecule has 0 saturated heterocycles. The molecule has 1 aliphatic rings. The van der Waals surface area contributed by atoms with Crippen LogP contribution >= 0.6 is 15.9 Å². The Morgan fingerprint density at radius 1 is 1.62 bits per heavy atom. The summed E-state index contributed by atoms with van der Waals surface area (Å²) in [4.78, 5) is 18.4. The average Bonchev–Trinajstić information content (AvgIpc) is 1.93. The summed E-state index contributed by atoms with van der Waals surface area (Å²) in [6.07, 6.45) is 0.360. The first-order valence-electron chi connectivity index (χ1n) is 3.74. The van der Waals surface area contributed by atoms with Gasteiger partial charge in [0.15, 0.2) is 0 Å². The molecule has 1 fully saturated rings. The van der Waals surface area contributed by atoms with Crippen molar-refractivity contribution in [2.24, 2.45) is 5.92 Å². The Balaban J connectivity index is 2.23. The van der Waals surface area contributed by atoms with Gasteiger partial charge in [-0.2, -0.15) is 8.78 Å². The van der Waals surface area contributed by atoms with E-state index in [0.29, 0.717) is 0 Å². The summed E-state index contributed by atoms with van der Waals surface area (Å²) >= 11 is 2.09. The van der Waals surface area contributed by atoms with Gasteiger partial charge in [-0.3, -0.25) is 9.59 Å². The number of amides is 1. The number of halogens is 3. The van der Waals surface area contributed by atoms with Gasteiger partial charge < -0.3 is 5.32 Å². The summed E-state index contributed by atoms with van der Waals surface area (Å²) in [6, 6.07) is 0. The fourth-order valence-corrected chi connectivity index (χ4v) is 1.15. The van der Waals surface area contributed by atoms with Crippen molar-refractivity contribution < 1.29 is 18.4 Å². The highest BCUT2D eigenvalue weighted by Crippen LogP contribution is 2.24. The molecular formula is C7H8BrF2NO2. The monoisotopic (exact) mass is 255 g/mol. The Kier molecular flexibility index (Phi) is 3.00. The number of rotatable bonds is 3. The number of carbonyl (C=O) groups is 2. The molecule has 74 valence electrons. The SMILES string of the molecule is O=C1CC(C(=O)NCC(F)(F)Br)C1. The summed E-state index contributed by atoms with van der Waals surface area (Å²) < 4.78 is 24.4. The number of nitrogens with one attached hydrogen (secondary N) is 1. The van der Waals surface area contributed by atoms with Gasteiger partial charge in [0.25, 0.3) is 0 Å². The van der Waals surface area contributed by atoms with Crippen LogP contribution in [0.1, 0.15) is 12.8 Å². The second kappa shape index (κ2) is 3.69. The van der Waals surface area contributed by atoms with Crippen molar-refractivity contribution in [2.45, 2.75) is 17.7 Å². The molecule has 1 amide bonds. The van der Waals surface area contributed by atoms with E-state index in [-0.39, 0.29) is 18.6 Å². The standard InChI is InChI=1S/C7H8BrF2NO2/c8-7(9,10)3-11-6(13)4-1-5(12)2-4/h4H,1-3H2,(H,11,13). The first-order valence-corrected chi connectivity index (χ1v) is 4.54. The van der Waals surface area contributed by atoms with Crippen LogP contribution in [0.15, 0.2) is 0 Å². The summed E-state index contributed by atoms with van der Waals surface area (Å²) in [5, 5.41) is 2.06. The molecule has 0 bridgehead atoms. The van der Waals surface area contributed by atoms with E-state index < -0.39 is 23.2 Å². The van der Waals surface area contributed by atoms with Crippen molar-refractivity contribution >= 4 is 27.6 Å². The Bertz CT molecular complexity index is 231. The second-order valence-corrected chi connectivity index (χ2v) is 4.14. The summed E-state index contributed by atoms with van der Waals surface area (Å²) in [5.41, 5.74) is 0. The zero-order valence-electron chi connectivity index (χ0n) is 6.65. The molecule has 0 unspecified atom stereocenters. The van der Waals surface area contributed by atoms with Crippen molar-refractivity contribution in [1.82, 2.24) is 5.32 Å². The normalized spacial score (nSPS) is 18.2. The summed E-state index contributed by atoms with van der Waals surface area (Å²) in [6.45, 7) is -0.740. The molecule has 0 radical (unpaired) electrons. The van der Waals surface area contributed by atoms with Gasteiger partial charge in [0, 0.05) is 12.8 Å². The fourth-order valence-electron chi connectivity index (χ4n) is 1.01. The number of hydrogen-bond donors (Lipinski definition) is 1. The Morgan fingerprint density at radius 2 is 2.15 bits per heavy atom. The molecule has 1 N–H and O–H groups in total. The van der Waals surface area contributed by atoms with Crippen LogP contribution < -0.4 is 5.32 Å². The first-order chi connectivity index (χ1) is 5.88. The van der Waals surface area contributed by atoms with E-state index in [1.807, 2.05) is 0 Å². The maximum absolute atomic E-state index is 12.2. The van der Waals surface area contributed by atoms with Crippen molar-refractivity contribution in [3.63, 3.8) is 0 Å². The number of ketones is 1. The van der Waals surface area contributed by atoms with E-state index in [1.54, 1.807) is 0 Å². The van der Waals surface area contributed by atoms with Gasteiger partial charge in [0.05, 0.1) is 12.5 Å². The highest BCUT2D eigenvalue weighted by atomic mass is 79.9. The van der Waals surface area contributed by atoms with Gasteiger partial charge in [-0.1, -0.05) is 0 Å². The molecule has 0 aliphatic heterocycles. The summed E-state index contributed by atoms with van der Waals surface area (Å²) in [7, 11) is 0. The molecule has 1 rings (SSSR count). The van der Waals surface area contributed by atoms with E-state index in [0.717, 1.165) is 0 Å². The van der Waals surface area contributed by atoms with Gasteiger partial charge in [-0.05, 0) is 15.9 Å². The maximum atomic E-state index is 12.2. The molecule has 1 aliphatic carbocycles. The second-order valence-electron chi connectivity index (χ2n) is 2.98. The minimum atomic E-state index is -3.07. The Morgan fingerprint density at radius 3 is 2.54 bits per heavy atom. The van der Waals surface area contributed by atoms with Crippen molar-refractivity contribution in [3.05, 3.63) is 0 Å². The highest BCUT2D eigenvalue weighted by molar-refractivity contribution is 9.10. The molecule has 0 atom stereocenters. The topological polar surface area (TPSA) is 46.2 Å². The molecule has 0 spiro atoms. The minimum Gasteiger partial charge on any atom is -0.349 e. The maximum Gasteiger partial charge on any atom is 0.318 e. The Labute approximate surface area is 82.0 Å². The average molecular weight is 256 g/mol. The lowest BCUT2D eigenvalue weighted by atomic mass is 9.83. The Hall–Kier alpha value is -0.520. The van der Waals surface area contributed by atoms with Crippen LogP contribution in [0.25, 0.3) is 0 Å². The van der Waals surface area contributed by atoms with Crippen LogP contribution in [-0.4, -0.2) is 23.1 Å². The van der Waals surface area contributed by atoms with Crippen molar-refractivity contribution in [3.8, 4) is 0 Å². The van der Waals surface area contributed by atoms with Crippen LogP contribution in [0, 0.1) is 5.92 Å². The number of hydrogen-bond acceptors (Lipinski definition) is 2. The largest absolute Gasteiger partial charge is 0.349 e. The lowest BCUT2D eigenvalue weighted by Crippen LogP contribution is -2.42. The van der Waals surface area contributed by atoms with E-state index in [1.165, 1.54) is 0 Å². The zero-order valence-corrected chi connectivity index (χ0v) is 8.24. The van der Waals surface area contributed by atoms with Gasteiger partial charge in [-0.15, -0.1) is 0 Å². The van der Waals surface area contributed by atoms with Gasteiger partial charge in [-0.25, -0.2) is 0 Å². The molecule has 0 aromatic carbocycles. The molecule has 0 heterocycles. The van der Waals surface area contributed by atoms with Crippen LogP contribution in [0.3, 0.4) is 0 Å². The first kappa shape index (κ1) is 10.6.